The topological polar surface area (TPSA) is 126 Å². The van der Waals surface area contributed by atoms with E-state index >= 15 is 0 Å². The molecule has 0 saturated carbocycles. The van der Waals surface area contributed by atoms with Crippen LogP contribution in [0.1, 0.15) is 19.8 Å². The Bertz CT molecular complexity index is 1390. The number of fused-ring (bicyclic) bond motifs is 1. The zero-order chi connectivity index (χ0) is 24.8. The summed E-state index contributed by atoms with van der Waals surface area (Å²) in [6.07, 6.45) is 0.562. The number of nitro groups is 1. The Kier molecular flexibility index (Phi) is 7.10. The zero-order valence-corrected chi connectivity index (χ0v) is 18.9. The minimum absolute atomic E-state index is 0.140. The van der Waals surface area contributed by atoms with Gasteiger partial charge in [0, 0.05) is 24.7 Å². The number of hydrogen-bond donors (Lipinski definition) is 1. The van der Waals surface area contributed by atoms with Gasteiger partial charge in [0.2, 0.25) is 5.91 Å². The number of nitro benzene ring substituents is 1. The standard InChI is InChI=1S/C25H23N3O7/c1-2-33-19-10-12-21(13-11-19)34-20-8-5-17(6-9-20)26-24(29)4-3-15-27-22-14-7-18(28(31)32)16-23(22)35-25(27)30/h5-14,16H,2-4,15H2,1H3,(H,26,29). The van der Waals surface area contributed by atoms with Crippen LogP contribution in [0.5, 0.6) is 17.2 Å². The summed E-state index contributed by atoms with van der Waals surface area (Å²) in [5, 5.41) is 13.7. The molecule has 0 aliphatic carbocycles. The first-order valence-corrected chi connectivity index (χ1v) is 11.0. The van der Waals surface area contributed by atoms with E-state index in [9.17, 15) is 19.7 Å². The quantitative estimate of drug-likeness (QED) is 0.248. The molecular formula is C25H23N3O7. The Balaban J connectivity index is 1.28. The number of hydrogen-bond acceptors (Lipinski definition) is 7. The van der Waals surface area contributed by atoms with E-state index in [1.807, 2.05) is 31.2 Å². The van der Waals surface area contributed by atoms with Gasteiger partial charge in [-0.05, 0) is 67.9 Å². The molecule has 180 valence electrons. The van der Waals surface area contributed by atoms with Crippen LogP contribution in [0.4, 0.5) is 11.4 Å². The van der Waals surface area contributed by atoms with Crippen molar-refractivity contribution in [2.45, 2.75) is 26.3 Å². The van der Waals surface area contributed by atoms with Gasteiger partial charge < -0.3 is 19.2 Å². The van der Waals surface area contributed by atoms with Gasteiger partial charge in [0.25, 0.3) is 5.69 Å². The third kappa shape index (κ3) is 5.85. The highest BCUT2D eigenvalue weighted by atomic mass is 16.6. The molecule has 0 aliphatic heterocycles. The number of ether oxygens (including phenoxy) is 2. The highest BCUT2D eigenvalue weighted by molar-refractivity contribution is 5.90. The second kappa shape index (κ2) is 10.6. The van der Waals surface area contributed by atoms with Crippen LogP contribution in [0.15, 0.2) is 75.9 Å². The Morgan fingerprint density at radius 1 is 1.03 bits per heavy atom. The van der Waals surface area contributed by atoms with Gasteiger partial charge >= 0.3 is 5.76 Å². The Labute approximate surface area is 199 Å². The van der Waals surface area contributed by atoms with Crippen LogP contribution in [-0.4, -0.2) is 22.0 Å². The highest BCUT2D eigenvalue weighted by Gasteiger charge is 2.14. The van der Waals surface area contributed by atoms with Crippen LogP contribution < -0.4 is 20.5 Å². The fraction of sp³-hybridized carbons (Fsp3) is 0.200. The predicted octanol–water partition coefficient (Wildman–Crippen LogP) is 5.11. The lowest BCUT2D eigenvalue weighted by atomic mass is 10.2. The lowest BCUT2D eigenvalue weighted by Crippen LogP contribution is -2.17. The van der Waals surface area contributed by atoms with Gasteiger partial charge in [-0.25, -0.2) is 4.79 Å². The van der Waals surface area contributed by atoms with Gasteiger partial charge in [0.15, 0.2) is 5.58 Å². The van der Waals surface area contributed by atoms with Crippen molar-refractivity contribution in [1.29, 1.82) is 0 Å². The molecule has 0 unspecified atom stereocenters. The second-order valence-electron chi connectivity index (χ2n) is 7.61. The third-order valence-electron chi connectivity index (χ3n) is 5.16. The number of aromatic nitrogens is 1. The molecule has 10 nitrogen and oxygen atoms in total. The lowest BCUT2D eigenvalue weighted by Gasteiger charge is -2.09. The molecular weight excluding hydrogens is 454 g/mol. The Hall–Kier alpha value is -4.60. The fourth-order valence-electron chi connectivity index (χ4n) is 3.51. The molecule has 4 aromatic rings. The van der Waals surface area contributed by atoms with Crippen molar-refractivity contribution >= 4 is 28.4 Å². The minimum atomic E-state index is -0.621. The average Bonchev–Trinajstić information content (AvgIpc) is 3.16. The van der Waals surface area contributed by atoms with Gasteiger partial charge in [0.05, 0.1) is 23.1 Å². The normalized spacial score (nSPS) is 10.8. The molecule has 0 bridgehead atoms. The van der Waals surface area contributed by atoms with Crippen molar-refractivity contribution in [3.63, 3.8) is 0 Å². The van der Waals surface area contributed by atoms with E-state index in [-0.39, 0.29) is 30.1 Å². The molecule has 1 aromatic heterocycles. The molecule has 0 spiro atoms. The van der Waals surface area contributed by atoms with E-state index in [1.165, 1.54) is 22.8 Å². The molecule has 10 heteroatoms. The number of oxazole rings is 1. The van der Waals surface area contributed by atoms with Crippen molar-refractivity contribution in [3.05, 3.63) is 87.4 Å². The number of carbonyl (C=O) groups excluding carboxylic acids is 1. The summed E-state index contributed by atoms with van der Waals surface area (Å²) >= 11 is 0. The fourth-order valence-corrected chi connectivity index (χ4v) is 3.51. The molecule has 0 aliphatic rings. The van der Waals surface area contributed by atoms with Gasteiger partial charge in [-0.1, -0.05) is 0 Å². The highest BCUT2D eigenvalue weighted by Crippen LogP contribution is 2.25. The minimum Gasteiger partial charge on any atom is -0.494 e. The molecule has 1 heterocycles. The molecule has 1 N–H and O–H groups in total. The first-order valence-electron chi connectivity index (χ1n) is 11.0. The van der Waals surface area contributed by atoms with E-state index in [0.29, 0.717) is 35.7 Å². The molecule has 0 radical (unpaired) electrons. The van der Waals surface area contributed by atoms with E-state index in [1.54, 1.807) is 24.3 Å². The number of amides is 1. The van der Waals surface area contributed by atoms with E-state index in [4.69, 9.17) is 13.9 Å². The van der Waals surface area contributed by atoms with Crippen LogP contribution in [0.25, 0.3) is 11.1 Å². The van der Waals surface area contributed by atoms with Crippen molar-refractivity contribution in [2.24, 2.45) is 0 Å². The maximum atomic E-state index is 12.3. The van der Waals surface area contributed by atoms with E-state index in [2.05, 4.69) is 5.32 Å². The summed E-state index contributed by atoms with van der Waals surface area (Å²) < 4.78 is 17.7. The number of non-ortho nitro benzene ring substituents is 1. The maximum Gasteiger partial charge on any atom is 0.419 e. The predicted molar refractivity (Wildman–Crippen MR) is 129 cm³/mol. The van der Waals surface area contributed by atoms with Crippen molar-refractivity contribution in [1.82, 2.24) is 4.57 Å². The number of nitrogens with zero attached hydrogens (tertiary/aromatic N) is 2. The summed E-state index contributed by atoms with van der Waals surface area (Å²) in [6, 6.07) is 18.3. The van der Waals surface area contributed by atoms with Gasteiger partial charge in [-0.3, -0.25) is 19.5 Å². The molecule has 35 heavy (non-hydrogen) atoms. The average molecular weight is 477 g/mol. The molecule has 0 saturated heterocycles. The van der Waals surface area contributed by atoms with E-state index in [0.717, 1.165) is 5.75 Å². The van der Waals surface area contributed by atoms with Crippen molar-refractivity contribution < 1.29 is 23.6 Å². The number of anilines is 1. The SMILES string of the molecule is CCOc1ccc(Oc2ccc(NC(=O)CCCn3c(=O)oc4cc([N+](=O)[O-])ccc43)cc2)cc1. The first kappa shape index (κ1) is 23.6. The van der Waals surface area contributed by atoms with Crippen molar-refractivity contribution in [3.8, 4) is 17.2 Å². The van der Waals surface area contributed by atoms with Gasteiger partial charge in [0.1, 0.15) is 17.2 Å². The smallest absolute Gasteiger partial charge is 0.419 e. The van der Waals surface area contributed by atoms with Crippen LogP contribution in [0.3, 0.4) is 0 Å². The Morgan fingerprint density at radius 3 is 2.34 bits per heavy atom. The number of benzene rings is 3. The summed E-state index contributed by atoms with van der Waals surface area (Å²) in [5.41, 5.74) is 1.05. The third-order valence-corrected chi connectivity index (χ3v) is 5.16. The number of rotatable bonds is 10. The molecule has 4 rings (SSSR count). The van der Waals surface area contributed by atoms with Crippen LogP contribution in [0, 0.1) is 10.1 Å². The van der Waals surface area contributed by atoms with Crippen LogP contribution in [-0.2, 0) is 11.3 Å². The molecule has 3 aromatic carbocycles. The molecule has 0 atom stereocenters. The molecule has 0 fully saturated rings. The van der Waals surface area contributed by atoms with E-state index < -0.39 is 10.7 Å². The van der Waals surface area contributed by atoms with Gasteiger partial charge in [-0.15, -0.1) is 0 Å². The number of aryl methyl sites for hydroxylation is 1. The number of carbonyl (C=O) groups is 1. The summed E-state index contributed by atoms with van der Waals surface area (Å²) in [4.78, 5) is 34.8. The first-order chi connectivity index (χ1) is 16.9. The lowest BCUT2D eigenvalue weighted by molar-refractivity contribution is -0.384. The summed E-state index contributed by atoms with van der Waals surface area (Å²) in [7, 11) is 0. The summed E-state index contributed by atoms with van der Waals surface area (Å²) in [6.45, 7) is 2.76. The monoisotopic (exact) mass is 477 g/mol. The molecule has 1 amide bonds. The largest absolute Gasteiger partial charge is 0.494 e. The van der Waals surface area contributed by atoms with Crippen molar-refractivity contribution in [2.75, 3.05) is 11.9 Å². The zero-order valence-electron chi connectivity index (χ0n) is 18.9. The number of nitrogens with one attached hydrogen (secondary N) is 1. The summed E-state index contributed by atoms with van der Waals surface area (Å²) in [5.74, 6) is 1.24. The Morgan fingerprint density at radius 2 is 1.69 bits per heavy atom. The maximum absolute atomic E-state index is 12.3. The van der Waals surface area contributed by atoms with Crippen LogP contribution in [0.2, 0.25) is 0 Å². The second-order valence-corrected chi connectivity index (χ2v) is 7.61. The van der Waals surface area contributed by atoms with Gasteiger partial charge in [-0.2, -0.15) is 0 Å². The van der Waals surface area contributed by atoms with Crippen LogP contribution >= 0.6 is 0 Å².